The Hall–Kier alpha value is -1.32. The quantitative estimate of drug-likeness (QED) is 0.801. The van der Waals surface area contributed by atoms with Crippen LogP contribution in [0.4, 0.5) is 11.8 Å². The van der Waals surface area contributed by atoms with E-state index in [1.165, 1.54) is 18.5 Å². The summed E-state index contributed by atoms with van der Waals surface area (Å²) in [5, 5.41) is 6.52. The summed E-state index contributed by atoms with van der Waals surface area (Å²) in [4.78, 5) is 9.00. The molecule has 1 aromatic rings. The van der Waals surface area contributed by atoms with Crippen molar-refractivity contribution < 1.29 is 0 Å². The van der Waals surface area contributed by atoms with Gasteiger partial charge >= 0.3 is 0 Å². The maximum atomic E-state index is 4.56. The molecule has 16 heavy (non-hydrogen) atoms. The van der Waals surface area contributed by atoms with Crippen LogP contribution in [0.3, 0.4) is 0 Å². The summed E-state index contributed by atoms with van der Waals surface area (Å²) in [6, 6.07) is 2.44. The molecule has 1 heterocycles. The standard InChI is InChI=1S/C12H20N4/c1-4-13-11-7-10(9-5-6-9)15-12(16-11)14-8(2)3/h7-9H,4-6H2,1-3H3,(H2,13,14,15,16). The Labute approximate surface area is 96.9 Å². The summed E-state index contributed by atoms with van der Waals surface area (Å²) in [6.45, 7) is 7.16. The smallest absolute Gasteiger partial charge is 0.225 e. The first-order chi connectivity index (χ1) is 7.69. The van der Waals surface area contributed by atoms with Crippen molar-refractivity contribution in [1.82, 2.24) is 9.97 Å². The molecule has 0 spiro atoms. The van der Waals surface area contributed by atoms with Gasteiger partial charge < -0.3 is 10.6 Å². The van der Waals surface area contributed by atoms with Crippen molar-refractivity contribution >= 4 is 11.8 Å². The molecule has 1 aliphatic carbocycles. The highest BCUT2D eigenvalue weighted by atomic mass is 15.2. The van der Waals surface area contributed by atoms with Gasteiger partial charge in [0, 0.05) is 24.6 Å². The van der Waals surface area contributed by atoms with Crippen LogP contribution >= 0.6 is 0 Å². The van der Waals surface area contributed by atoms with Crippen molar-refractivity contribution in [2.24, 2.45) is 0 Å². The third-order valence-corrected chi connectivity index (χ3v) is 2.52. The molecule has 2 N–H and O–H groups in total. The predicted molar refractivity (Wildman–Crippen MR) is 66.9 cm³/mol. The lowest BCUT2D eigenvalue weighted by Crippen LogP contribution is -2.14. The number of hydrogen-bond donors (Lipinski definition) is 2. The van der Waals surface area contributed by atoms with Crippen LogP contribution in [-0.4, -0.2) is 22.6 Å². The summed E-state index contributed by atoms with van der Waals surface area (Å²) in [5.74, 6) is 2.34. The fourth-order valence-corrected chi connectivity index (χ4v) is 1.65. The molecule has 88 valence electrons. The van der Waals surface area contributed by atoms with Crippen molar-refractivity contribution in [3.05, 3.63) is 11.8 Å². The highest BCUT2D eigenvalue weighted by molar-refractivity contribution is 5.44. The molecule has 0 unspecified atom stereocenters. The molecular weight excluding hydrogens is 200 g/mol. The number of anilines is 2. The minimum Gasteiger partial charge on any atom is -0.370 e. The van der Waals surface area contributed by atoms with E-state index in [0.717, 1.165) is 18.3 Å². The molecule has 0 radical (unpaired) electrons. The monoisotopic (exact) mass is 220 g/mol. The van der Waals surface area contributed by atoms with E-state index in [0.29, 0.717) is 12.0 Å². The van der Waals surface area contributed by atoms with E-state index in [9.17, 15) is 0 Å². The topological polar surface area (TPSA) is 49.8 Å². The van der Waals surface area contributed by atoms with Gasteiger partial charge in [-0.05, 0) is 33.6 Å². The predicted octanol–water partition coefficient (Wildman–Crippen LogP) is 2.61. The zero-order valence-electron chi connectivity index (χ0n) is 10.2. The Morgan fingerprint density at radius 3 is 2.69 bits per heavy atom. The van der Waals surface area contributed by atoms with E-state index in [1.807, 2.05) is 0 Å². The zero-order valence-corrected chi connectivity index (χ0v) is 10.2. The van der Waals surface area contributed by atoms with Crippen LogP contribution in [-0.2, 0) is 0 Å². The molecule has 1 saturated carbocycles. The van der Waals surface area contributed by atoms with Crippen molar-refractivity contribution in [2.45, 2.75) is 45.6 Å². The third kappa shape index (κ3) is 2.84. The molecule has 0 aliphatic heterocycles. The van der Waals surface area contributed by atoms with E-state index < -0.39 is 0 Å². The summed E-state index contributed by atoms with van der Waals surface area (Å²) in [5.41, 5.74) is 1.18. The Morgan fingerprint density at radius 1 is 1.38 bits per heavy atom. The maximum Gasteiger partial charge on any atom is 0.225 e. The van der Waals surface area contributed by atoms with Gasteiger partial charge in [-0.25, -0.2) is 4.98 Å². The van der Waals surface area contributed by atoms with Gasteiger partial charge in [-0.2, -0.15) is 4.98 Å². The molecule has 0 atom stereocenters. The van der Waals surface area contributed by atoms with Gasteiger partial charge in [0.1, 0.15) is 5.82 Å². The third-order valence-electron chi connectivity index (χ3n) is 2.52. The highest BCUT2D eigenvalue weighted by Gasteiger charge is 2.26. The van der Waals surface area contributed by atoms with Crippen LogP contribution in [0.2, 0.25) is 0 Å². The lowest BCUT2D eigenvalue weighted by molar-refractivity contribution is 0.863. The Balaban J connectivity index is 2.21. The molecule has 4 nitrogen and oxygen atoms in total. The molecule has 0 aromatic carbocycles. The maximum absolute atomic E-state index is 4.56. The number of aromatic nitrogens is 2. The second-order valence-corrected chi connectivity index (χ2v) is 4.61. The normalized spacial score (nSPS) is 15.2. The van der Waals surface area contributed by atoms with Crippen LogP contribution in [0.25, 0.3) is 0 Å². The second-order valence-electron chi connectivity index (χ2n) is 4.61. The minimum absolute atomic E-state index is 0.365. The zero-order chi connectivity index (χ0) is 11.5. The number of hydrogen-bond acceptors (Lipinski definition) is 4. The van der Waals surface area contributed by atoms with Gasteiger partial charge in [-0.15, -0.1) is 0 Å². The summed E-state index contributed by atoms with van der Waals surface area (Å²) >= 11 is 0. The largest absolute Gasteiger partial charge is 0.370 e. The number of nitrogens with zero attached hydrogens (tertiary/aromatic N) is 2. The number of nitrogens with one attached hydrogen (secondary N) is 2. The molecule has 0 amide bonds. The van der Waals surface area contributed by atoms with Crippen LogP contribution in [0, 0.1) is 0 Å². The molecule has 1 aromatic heterocycles. The SMILES string of the molecule is CCNc1cc(C2CC2)nc(NC(C)C)n1. The summed E-state index contributed by atoms with van der Waals surface area (Å²) in [7, 11) is 0. The fourth-order valence-electron chi connectivity index (χ4n) is 1.65. The fraction of sp³-hybridized carbons (Fsp3) is 0.667. The van der Waals surface area contributed by atoms with Crippen molar-refractivity contribution in [1.29, 1.82) is 0 Å². The Bertz CT molecular complexity index is 358. The lowest BCUT2D eigenvalue weighted by atomic mass is 10.3. The van der Waals surface area contributed by atoms with Gasteiger partial charge in [0.15, 0.2) is 0 Å². The van der Waals surface area contributed by atoms with E-state index in [4.69, 9.17) is 0 Å². The van der Waals surface area contributed by atoms with Crippen LogP contribution in [0.1, 0.15) is 45.2 Å². The molecule has 4 heteroatoms. The molecular formula is C12H20N4. The van der Waals surface area contributed by atoms with Gasteiger partial charge in [-0.1, -0.05) is 0 Å². The Kier molecular flexibility index (Phi) is 3.27. The number of rotatable bonds is 5. The second kappa shape index (κ2) is 4.68. The summed E-state index contributed by atoms with van der Waals surface area (Å²) < 4.78 is 0. The molecule has 0 saturated heterocycles. The van der Waals surface area contributed by atoms with Gasteiger partial charge in [0.05, 0.1) is 5.69 Å². The van der Waals surface area contributed by atoms with Crippen LogP contribution < -0.4 is 10.6 Å². The van der Waals surface area contributed by atoms with E-state index in [-0.39, 0.29) is 0 Å². The first kappa shape index (κ1) is 11.2. The molecule has 1 aliphatic rings. The van der Waals surface area contributed by atoms with Crippen LogP contribution in [0.15, 0.2) is 6.07 Å². The van der Waals surface area contributed by atoms with Gasteiger partial charge in [-0.3, -0.25) is 0 Å². The Morgan fingerprint density at radius 2 is 2.12 bits per heavy atom. The first-order valence-corrected chi connectivity index (χ1v) is 6.08. The molecule has 1 fully saturated rings. The van der Waals surface area contributed by atoms with Crippen molar-refractivity contribution in [2.75, 3.05) is 17.2 Å². The lowest BCUT2D eigenvalue weighted by Gasteiger charge is -2.11. The molecule has 2 rings (SSSR count). The summed E-state index contributed by atoms with van der Waals surface area (Å²) in [6.07, 6.45) is 2.54. The van der Waals surface area contributed by atoms with E-state index in [1.54, 1.807) is 0 Å². The van der Waals surface area contributed by atoms with E-state index >= 15 is 0 Å². The van der Waals surface area contributed by atoms with Crippen molar-refractivity contribution in [3.63, 3.8) is 0 Å². The average Bonchev–Trinajstić information content (AvgIpc) is 2.99. The average molecular weight is 220 g/mol. The highest BCUT2D eigenvalue weighted by Crippen LogP contribution is 2.39. The molecule has 0 bridgehead atoms. The van der Waals surface area contributed by atoms with Gasteiger partial charge in [0.25, 0.3) is 0 Å². The van der Waals surface area contributed by atoms with E-state index in [2.05, 4.69) is 47.4 Å². The van der Waals surface area contributed by atoms with Gasteiger partial charge in [0.2, 0.25) is 5.95 Å². The first-order valence-electron chi connectivity index (χ1n) is 6.08. The van der Waals surface area contributed by atoms with Crippen molar-refractivity contribution in [3.8, 4) is 0 Å². The van der Waals surface area contributed by atoms with Crippen LogP contribution in [0.5, 0.6) is 0 Å². The minimum atomic E-state index is 0.365.